The van der Waals surface area contributed by atoms with Crippen molar-refractivity contribution in [2.45, 2.75) is 77.5 Å². The summed E-state index contributed by atoms with van der Waals surface area (Å²) in [7, 11) is 0. The van der Waals surface area contributed by atoms with Crippen LogP contribution in [0.2, 0.25) is 0 Å². The van der Waals surface area contributed by atoms with Gasteiger partial charge < -0.3 is 15.0 Å². The van der Waals surface area contributed by atoms with Crippen LogP contribution in [0.15, 0.2) is 18.3 Å². The highest BCUT2D eigenvalue weighted by atomic mass is 16.6. The van der Waals surface area contributed by atoms with E-state index in [0.29, 0.717) is 30.9 Å². The van der Waals surface area contributed by atoms with Gasteiger partial charge in [0.2, 0.25) is 17.7 Å². The van der Waals surface area contributed by atoms with Crippen molar-refractivity contribution in [2.24, 2.45) is 0 Å². The number of aromatic nitrogens is 1. The van der Waals surface area contributed by atoms with E-state index in [1.807, 2.05) is 39.5 Å². The molecule has 10 nitrogen and oxygen atoms in total. The minimum Gasteiger partial charge on any atom is -0.444 e. The predicted molar refractivity (Wildman–Crippen MR) is 126 cm³/mol. The molecule has 186 valence electrons. The summed E-state index contributed by atoms with van der Waals surface area (Å²) in [6.45, 7) is 12.3. The van der Waals surface area contributed by atoms with Crippen LogP contribution in [0, 0.1) is 0 Å². The van der Waals surface area contributed by atoms with Crippen molar-refractivity contribution in [1.82, 2.24) is 20.1 Å². The summed E-state index contributed by atoms with van der Waals surface area (Å²) in [5.74, 6) is -0.513. The van der Waals surface area contributed by atoms with Crippen LogP contribution in [0.1, 0.15) is 59.9 Å². The molecule has 3 atom stereocenters. The molecule has 2 saturated heterocycles. The fourth-order valence-electron chi connectivity index (χ4n) is 4.41. The zero-order chi connectivity index (χ0) is 25.3. The van der Waals surface area contributed by atoms with E-state index in [-0.39, 0.29) is 48.9 Å². The molecule has 3 rings (SSSR count). The fraction of sp³-hybridized carbons (Fsp3) is 0.625. The van der Waals surface area contributed by atoms with Gasteiger partial charge in [-0.25, -0.2) is 9.78 Å². The SMILES string of the molecule is C[C@@H]1CN(C(=O)OC(C)(C)C)C[C@H](C)N1CC(=O)Nc1cc(C2(C)CCC(=O)NC2=O)ccn1. The summed E-state index contributed by atoms with van der Waals surface area (Å²) in [6.07, 6.45) is 1.85. The summed E-state index contributed by atoms with van der Waals surface area (Å²) < 4.78 is 5.49. The molecule has 34 heavy (non-hydrogen) atoms. The van der Waals surface area contributed by atoms with E-state index in [4.69, 9.17) is 4.74 Å². The number of anilines is 1. The Bertz CT molecular complexity index is 963. The molecular weight excluding hydrogens is 438 g/mol. The number of piperazine rings is 1. The lowest BCUT2D eigenvalue weighted by atomic mass is 9.76. The molecule has 0 radical (unpaired) electrons. The Kier molecular flexibility index (Phi) is 7.30. The number of ether oxygens (including phenoxy) is 1. The Balaban J connectivity index is 1.62. The van der Waals surface area contributed by atoms with Crippen LogP contribution in [0.4, 0.5) is 10.6 Å². The topological polar surface area (TPSA) is 121 Å². The average molecular weight is 474 g/mol. The zero-order valence-corrected chi connectivity index (χ0v) is 20.8. The van der Waals surface area contributed by atoms with Crippen LogP contribution in [0.25, 0.3) is 0 Å². The quantitative estimate of drug-likeness (QED) is 0.642. The van der Waals surface area contributed by atoms with Crippen molar-refractivity contribution in [3.63, 3.8) is 0 Å². The highest BCUT2D eigenvalue weighted by Gasteiger charge is 2.40. The van der Waals surface area contributed by atoms with Gasteiger partial charge in [-0.1, -0.05) is 0 Å². The number of imide groups is 1. The van der Waals surface area contributed by atoms with Gasteiger partial charge in [-0.2, -0.15) is 0 Å². The monoisotopic (exact) mass is 473 g/mol. The maximum atomic E-state index is 12.8. The van der Waals surface area contributed by atoms with Crippen molar-refractivity contribution >= 4 is 29.6 Å². The summed E-state index contributed by atoms with van der Waals surface area (Å²) in [5, 5.41) is 5.21. The van der Waals surface area contributed by atoms with Crippen LogP contribution >= 0.6 is 0 Å². The second-order valence-electron chi connectivity index (χ2n) is 10.4. The smallest absolute Gasteiger partial charge is 0.410 e. The maximum Gasteiger partial charge on any atom is 0.410 e. The number of carbonyl (C=O) groups excluding carboxylic acids is 4. The van der Waals surface area contributed by atoms with E-state index in [2.05, 4.69) is 15.6 Å². The number of piperidine rings is 1. The van der Waals surface area contributed by atoms with Gasteiger partial charge in [0, 0.05) is 37.8 Å². The summed E-state index contributed by atoms with van der Waals surface area (Å²) in [6, 6.07) is 3.33. The Labute approximate surface area is 200 Å². The van der Waals surface area contributed by atoms with E-state index in [1.165, 1.54) is 0 Å². The van der Waals surface area contributed by atoms with E-state index < -0.39 is 11.0 Å². The van der Waals surface area contributed by atoms with E-state index >= 15 is 0 Å². The first-order chi connectivity index (χ1) is 15.8. The Morgan fingerprint density at radius 1 is 1.24 bits per heavy atom. The van der Waals surface area contributed by atoms with Crippen LogP contribution in [0.5, 0.6) is 0 Å². The van der Waals surface area contributed by atoms with Gasteiger partial charge in [-0.15, -0.1) is 0 Å². The number of carbonyl (C=O) groups is 4. The number of nitrogens with one attached hydrogen (secondary N) is 2. The van der Waals surface area contributed by atoms with E-state index in [0.717, 1.165) is 0 Å². The lowest BCUT2D eigenvalue weighted by Crippen LogP contribution is -2.59. The first kappa shape index (κ1) is 25.6. The molecule has 0 aliphatic carbocycles. The molecule has 0 aromatic carbocycles. The van der Waals surface area contributed by atoms with Crippen LogP contribution in [-0.4, -0.2) is 75.9 Å². The number of hydrogen-bond acceptors (Lipinski definition) is 7. The number of rotatable bonds is 4. The molecule has 2 N–H and O–H groups in total. The van der Waals surface area contributed by atoms with Gasteiger partial charge in [-0.3, -0.25) is 24.6 Å². The third-order valence-electron chi connectivity index (χ3n) is 6.35. The Morgan fingerprint density at radius 2 is 1.88 bits per heavy atom. The van der Waals surface area contributed by atoms with Crippen LogP contribution in [-0.2, 0) is 24.5 Å². The number of pyridine rings is 1. The highest BCUT2D eigenvalue weighted by Crippen LogP contribution is 2.32. The molecule has 2 aliphatic rings. The van der Waals surface area contributed by atoms with Gasteiger partial charge in [0.05, 0.1) is 12.0 Å². The van der Waals surface area contributed by atoms with Gasteiger partial charge in [0.1, 0.15) is 11.4 Å². The molecule has 2 fully saturated rings. The molecule has 0 saturated carbocycles. The molecule has 4 amide bonds. The minimum atomic E-state index is -0.864. The standard InChI is InChI=1S/C24H35N5O5/c1-15-12-28(22(33)34-23(3,4)5)13-16(2)29(15)14-20(31)26-18-11-17(8-10-25-18)24(6)9-7-19(30)27-21(24)32/h8,10-11,15-16H,7,9,12-14H2,1-6H3,(H,25,26,31)(H,27,30,32)/t15-,16+,24?. The molecule has 1 aromatic rings. The van der Waals surface area contributed by atoms with Gasteiger partial charge in [-0.05, 0) is 65.7 Å². The van der Waals surface area contributed by atoms with Crippen molar-refractivity contribution in [3.8, 4) is 0 Å². The Morgan fingerprint density at radius 3 is 2.47 bits per heavy atom. The Hall–Kier alpha value is -3.01. The molecule has 1 unspecified atom stereocenters. The molecule has 0 bridgehead atoms. The first-order valence-electron chi connectivity index (χ1n) is 11.6. The summed E-state index contributed by atoms with van der Waals surface area (Å²) in [4.78, 5) is 57.2. The molecule has 0 spiro atoms. The van der Waals surface area contributed by atoms with Crippen molar-refractivity contribution < 1.29 is 23.9 Å². The fourth-order valence-corrected chi connectivity index (χ4v) is 4.41. The molecule has 3 heterocycles. The van der Waals surface area contributed by atoms with Gasteiger partial charge in [0.15, 0.2) is 0 Å². The third-order valence-corrected chi connectivity index (χ3v) is 6.35. The third kappa shape index (κ3) is 5.91. The van der Waals surface area contributed by atoms with Crippen LogP contribution in [0.3, 0.4) is 0 Å². The number of nitrogens with zero attached hydrogens (tertiary/aromatic N) is 3. The lowest BCUT2D eigenvalue weighted by molar-refractivity contribution is -0.137. The highest BCUT2D eigenvalue weighted by molar-refractivity contribution is 6.03. The van der Waals surface area contributed by atoms with E-state index in [1.54, 1.807) is 30.2 Å². The largest absolute Gasteiger partial charge is 0.444 e. The van der Waals surface area contributed by atoms with Crippen molar-refractivity contribution in [1.29, 1.82) is 0 Å². The molecule has 2 aliphatic heterocycles. The van der Waals surface area contributed by atoms with Gasteiger partial charge in [0.25, 0.3) is 0 Å². The predicted octanol–water partition coefficient (Wildman–Crippen LogP) is 2.04. The zero-order valence-electron chi connectivity index (χ0n) is 20.8. The normalized spacial score (nSPS) is 26.1. The lowest BCUT2D eigenvalue weighted by Gasteiger charge is -2.44. The molecule has 10 heteroatoms. The molecule has 1 aromatic heterocycles. The summed E-state index contributed by atoms with van der Waals surface area (Å²) >= 11 is 0. The second kappa shape index (κ2) is 9.69. The van der Waals surface area contributed by atoms with Crippen molar-refractivity contribution in [3.05, 3.63) is 23.9 Å². The van der Waals surface area contributed by atoms with Crippen LogP contribution < -0.4 is 10.6 Å². The van der Waals surface area contributed by atoms with Crippen molar-refractivity contribution in [2.75, 3.05) is 25.0 Å². The second-order valence-corrected chi connectivity index (χ2v) is 10.4. The van der Waals surface area contributed by atoms with Gasteiger partial charge >= 0.3 is 6.09 Å². The van der Waals surface area contributed by atoms with E-state index in [9.17, 15) is 19.2 Å². The number of amides is 4. The first-order valence-corrected chi connectivity index (χ1v) is 11.6. The average Bonchev–Trinajstić information content (AvgIpc) is 2.72. The maximum absolute atomic E-state index is 12.8. The molecular formula is C24H35N5O5. The number of hydrogen-bond donors (Lipinski definition) is 2. The minimum absolute atomic E-state index is 0.0382. The summed E-state index contributed by atoms with van der Waals surface area (Å²) in [5.41, 5.74) is -0.736.